The van der Waals surface area contributed by atoms with E-state index < -0.39 is 5.91 Å². The predicted molar refractivity (Wildman–Crippen MR) is 39.3 cm³/mol. The van der Waals surface area contributed by atoms with Crippen LogP contribution in [0, 0.1) is 0 Å². The van der Waals surface area contributed by atoms with Gasteiger partial charge in [0.15, 0.2) is 0 Å². The van der Waals surface area contributed by atoms with Crippen LogP contribution in [0.3, 0.4) is 0 Å². The maximum atomic E-state index is 10.9. The molecule has 11 heavy (non-hydrogen) atoms. The third kappa shape index (κ3) is 2.07. The Morgan fingerprint density at radius 2 is 2.36 bits per heavy atom. The summed E-state index contributed by atoms with van der Waals surface area (Å²) in [6.07, 6.45) is 4.08. The summed E-state index contributed by atoms with van der Waals surface area (Å²) in [4.78, 5) is 22.7. The highest BCUT2D eigenvalue weighted by atomic mass is 16.2. The summed E-state index contributed by atoms with van der Waals surface area (Å²) in [5, 5.41) is 0. The number of hydrogen-bond donors (Lipinski definition) is 1. The zero-order valence-electron chi connectivity index (χ0n) is 6.12. The van der Waals surface area contributed by atoms with Crippen LogP contribution in [0.25, 0.3) is 0 Å². The molecule has 0 bridgehead atoms. The van der Waals surface area contributed by atoms with Crippen molar-refractivity contribution in [3.8, 4) is 0 Å². The first-order valence-corrected chi connectivity index (χ1v) is 3.47. The molecule has 1 fully saturated rings. The lowest BCUT2D eigenvalue weighted by atomic mass is 10.4. The fourth-order valence-electron chi connectivity index (χ4n) is 0.990. The van der Waals surface area contributed by atoms with E-state index in [1.165, 1.54) is 17.2 Å². The highest BCUT2D eigenvalue weighted by molar-refractivity contribution is 5.87. The molecule has 0 aromatic carbocycles. The van der Waals surface area contributed by atoms with Crippen molar-refractivity contribution in [3.63, 3.8) is 0 Å². The van der Waals surface area contributed by atoms with Gasteiger partial charge >= 0.3 is 0 Å². The summed E-state index contributed by atoms with van der Waals surface area (Å²) in [5.41, 5.74) is 4.85. The molecule has 2 amide bonds. The van der Waals surface area contributed by atoms with E-state index in [2.05, 4.69) is 0 Å². The summed E-state index contributed by atoms with van der Waals surface area (Å²) in [5.74, 6) is -0.466. The van der Waals surface area contributed by atoms with E-state index in [-0.39, 0.29) is 5.91 Å². The molecule has 1 rings (SSSR count). The number of hydrogen-bond acceptors (Lipinski definition) is 2. The Balaban J connectivity index is 2.48. The van der Waals surface area contributed by atoms with Crippen molar-refractivity contribution in [3.05, 3.63) is 12.3 Å². The van der Waals surface area contributed by atoms with E-state index in [1.807, 2.05) is 0 Å². The van der Waals surface area contributed by atoms with Gasteiger partial charge in [-0.05, 0) is 6.42 Å². The molecule has 0 unspecified atom stereocenters. The fourth-order valence-corrected chi connectivity index (χ4v) is 0.990. The molecule has 1 saturated heterocycles. The van der Waals surface area contributed by atoms with Crippen LogP contribution in [-0.4, -0.2) is 23.3 Å². The van der Waals surface area contributed by atoms with Crippen LogP contribution in [0.1, 0.15) is 12.8 Å². The zero-order valence-corrected chi connectivity index (χ0v) is 6.12. The second-order valence-electron chi connectivity index (χ2n) is 2.41. The predicted octanol–water partition coefficient (Wildman–Crippen LogP) is -0.392. The van der Waals surface area contributed by atoms with Gasteiger partial charge in [0, 0.05) is 25.2 Å². The molecule has 60 valence electrons. The first-order chi connectivity index (χ1) is 5.20. The molecule has 0 aromatic rings. The average molecular weight is 154 g/mol. The second kappa shape index (κ2) is 3.18. The molecule has 0 radical (unpaired) electrons. The van der Waals surface area contributed by atoms with Gasteiger partial charge in [0.05, 0.1) is 0 Å². The molecule has 2 N–H and O–H groups in total. The zero-order chi connectivity index (χ0) is 8.27. The molecular weight excluding hydrogens is 144 g/mol. The Labute approximate surface area is 64.7 Å². The quantitative estimate of drug-likeness (QED) is 0.550. The van der Waals surface area contributed by atoms with Crippen molar-refractivity contribution in [1.29, 1.82) is 0 Å². The summed E-state index contributed by atoms with van der Waals surface area (Å²) in [6, 6.07) is 0. The van der Waals surface area contributed by atoms with E-state index in [1.54, 1.807) is 0 Å². The molecule has 0 saturated carbocycles. The Hall–Kier alpha value is -1.32. The minimum atomic E-state index is -0.523. The molecule has 0 aliphatic carbocycles. The highest BCUT2D eigenvalue weighted by Gasteiger charge is 2.17. The number of carbonyl (C=O) groups excluding carboxylic acids is 2. The number of primary amides is 1. The molecule has 1 heterocycles. The number of nitrogens with two attached hydrogens (primary N) is 1. The van der Waals surface area contributed by atoms with Crippen LogP contribution < -0.4 is 5.73 Å². The van der Waals surface area contributed by atoms with Crippen LogP contribution in [0.2, 0.25) is 0 Å². The van der Waals surface area contributed by atoms with Crippen LogP contribution in [0.5, 0.6) is 0 Å². The number of likely N-dealkylation sites (tertiary alicyclic amines) is 1. The fraction of sp³-hybridized carbons (Fsp3) is 0.429. The molecule has 0 spiro atoms. The van der Waals surface area contributed by atoms with Crippen LogP contribution >= 0.6 is 0 Å². The van der Waals surface area contributed by atoms with Crippen molar-refractivity contribution >= 4 is 11.8 Å². The van der Waals surface area contributed by atoms with Crippen molar-refractivity contribution in [2.45, 2.75) is 12.8 Å². The Morgan fingerprint density at radius 1 is 1.64 bits per heavy atom. The Kier molecular flexibility index (Phi) is 2.25. The maximum absolute atomic E-state index is 10.9. The first kappa shape index (κ1) is 7.78. The third-order valence-electron chi connectivity index (χ3n) is 1.53. The van der Waals surface area contributed by atoms with E-state index >= 15 is 0 Å². The van der Waals surface area contributed by atoms with Gasteiger partial charge in [0.25, 0.3) is 0 Å². The molecule has 0 aromatic heterocycles. The van der Waals surface area contributed by atoms with Crippen molar-refractivity contribution in [1.82, 2.24) is 4.90 Å². The average Bonchev–Trinajstić information content (AvgIpc) is 2.31. The van der Waals surface area contributed by atoms with Gasteiger partial charge in [0.1, 0.15) is 0 Å². The largest absolute Gasteiger partial charge is 0.366 e. The van der Waals surface area contributed by atoms with Gasteiger partial charge in [-0.2, -0.15) is 0 Å². The summed E-state index contributed by atoms with van der Waals surface area (Å²) in [6.45, 7) is 0.697. The maximum Gasteiger partial charge on any atom is 0.242 e. The van der Waals surface area contributed by atoms with E-state index in [0.29, 0.717) is 13.0 Å². The second-order valence-corrected chi connectivity index (χ2v) is 2.41. The molecule has 4 heteroatoms. The van der Waals surface area contributed by atoms with E-state index in [0.717, 1.165) is 6.42 Å². The molecular formula is C7H10N2O2. The van der Waals surface area contributed by atoms with Crippen molar-refractivity contribution in [2.75, 3.05) is 6.54 Å². The standard InChI is InChI=1S/C7H10N2O2/c8-6(10)3-5-9-4-1-2-7(9)11/h3,5H,1-2,4H2,(H2,8,10)/b5-3+. The topological polar surface area (TPSA) is 63.4 Å². The van der Waals surface area contributed by atoms with Gasteiger partial charge < -0.3 is 10.6 Å². The lowest BCUT2D eigenvalue weighted by Gasteiger charge is -2.06. The van der Waals surface area contributed by atoms with E-state index in [9.17, 15) is 9.59 Å². The molecule has 4 nitrogen and oxygen atoms in total. The summed E-state index contributed by atoms with van der Waals surface area (Å²) < 4.78 is 0. The van der Waals surface area contributed by atoms with Gasteiger partial charge in [-0.3, -0.25) is 9.59 Å². The first-order valence-electron chi connectivity index (χ1n) is 3.47. The Bertz CT molecular complexity index is 210. The smallest absolute Gasteiger partial charge is 0.242 e. The minimum absolute atomic E-state index is 0.0579. The van der Waals surface area contributed by atoms with Gasteiger partial charge in [0.2, 0.25) is 11.8 Å². The molecule has 0 atom stereocenters. The lowest BCUT2D eigenvalue weighted by molar-refractivity contribution is -0.125. The SMILES string of the molecule is NC(=O)/C=C/N1CCCC1=O. The van der Waals surface area contributed by atoms with Gasteiger partial charge in [-0.1, -0.05) is 0 Å². The van der Waals surface area contributed by atoms with Crippen LogP contribution in [-0.2, 0) is 9.59 Å². The Morgan fingerprint density at radius 3 is 2.82 bits per heavy atom. The molecule has 1 aliphatic heterocycles. The normalized spacial score (nSPS) is 18.2. The van der Waals surface area contributed by atoms with Gasteiger partial charge in [-0.25, -0.2) is 0 Å². The minimum Gasteiger partial charge on any atom is -0.366 e. The summed E-state index contributed by atoms with van der Waals surface area (Å²) >= 11 is 0. The number of rotatable bonds is 2. The van der Waals surface area contributed by atoms with Gasteiger partial charge in [-0.15, -0.1) is 0 Å². The number of nitrogens with zero attached hydrogens (tertiary/aromatic N) is 1. The van der Waals surface area contributed by atoms with E-state index in [4.69, 9.17) is 5.73 Å². The van der Waals surface area contributed by atoms with Crippen molar-refractivity contribution in [2.24, 2.45) is 5.73 Å². The highest BCUT2D eigenvalue weighted by Crippen LogP contribution is 2.08. The lowest BCUT2D eigenvalue weighted by Crippen LogP contribution is -2.18. The van der Waals surface area contributed by atoms with Crippen LogP contribution in [0.15, 0.2) is 12.3 Å². The summed E-state index contributed by atoms with van der Waals surface area (Å²) in [7, 11) is 0. The van der Waals surface area contributed by atoms with Crippen LogP contribution in [0.4, 0.5) is 0 Å². The monoisotopic (exact) mass is 154 g/mol. The van der Waals surface area contributed by atoms with Crippen molar-refractivity contribution < 1.29 is 9.59 Å². The third-order valence-corrected chi connectivity index (χ3v) is 1.53. The number of amides is 2. The number of carbonyl (C=O) groups is 2. The molecule has 1 aliphatic rings.